The number of Topliss-reactive ketones (excluding diaryl/α,β-unsaturated/α-hetero) is 1. The highest BCUT2D eigenvalue weighted by atomic mass is 16.6. The Kier molecular flexibility index (Phi) is 5.04. The van der Waals surface area contributed by atoms with Crippen molar-refractivity contribution in [2.24, 2.45) is 34.5 Å². The summed E-state index contributed by atoms with van der Waals surface area (Å²) >= 11 is 0. The molecule has 4 rings (SSSR count). The van der Waals surface area contributed by atoms with Gasteiger partial charge in [-0.1, -0.05) is 19.4 Å². The van der Waals surface area contributed by atoms with Crippen molar-refractivity contribution < 1.29 is 24.2 Å². The zero-order valence-corrected chi connectivity index (χ0v) is 18.1. The minimum atomic E-state index is -1.19. The molecule has 5 nitrogen and oxygen atoms in total. The van der Waals surface area contributed by atoms with Crippen LogP contribution in [0.15, 0.2) is 11.6 Å². The molecule has 0 bridgehead atoms. The average molecular weight is 403 g/mol. The van der Waals surface area contributed by atoms with Gasteiger partial charge in [0.25, 0.3) is 0 Å². The molecule has 160 valence electrons. The minimum absolute atomic E-state index is 0.0116. The van der Waals surface area contributed by atoms with Gasteiger partial charge in [0.2, 0.25) is 0 Å². The first kappa shape index (κ1) is 20.8. The molecule has 0 aromatic rings. The zero-order valence-electron chi connectivity index (χ0n) is 18.1. The lowest BCUT2D eigenvalue weighted by molar-refractivity contribution is -0.174. The largest absolute Gasteiger partial charge is 0.459 e. The molecule has 0 aromatic carbocycles. The standard InChI is InChI=1S/C24H34O5/c1-13(25)18-7-8-19-17-6-5-15-11-16(27)12-21(29-22(28)14(2)26)24(15,4)20(17)9-10-23(18,19)3/h11,14,17-21,26H,5-10,12H2,1-4H3/t14?,17-,18+,19-,20-,21?,23+,24-/m0/s1. The van der Waals surface area contributed by atoms with Crippen LogP contribution in [0.2, 0.25) is 0 Å². The summed E-state index contributed by atoms with van der Waals surface area (Å²) < 4.78 is 5.74. The maximum absolute atomic E-state index is 12.4. The van der Waals surface area contributed by atoms with Crippen LogP contribution in [0.1, 0.15) is 72.6 Å². The molecule has 8 atom stereocenters. The van der Waals surface area contributed by atoms with Crippen LogP contribution in [0.3, 0.4) is 0 Å². The lowest BCUT2D eigenvalue weighted by Crippen LogP contribution is -2.56. The van der Waals surface area contributed by atoms with Crippen LogP contribution in [0.25, 0.3) is 0 Å². The summed E-state index contributed by atoms with van der Waals surface area (Å²) in [5.41, 5.74) is 0.820. The second kappa shape index (κ2) is 7.04. The molecular formula is C24H34O5. The molecule has 0 saturated heterocycles. The van der Waals surface area contributed by atoms with Crippen molar-refractivity contribution in [1.29, 1.82) is 0 Å². The van der Waals surface area contributed by atoms with Crippen LogP contribution < -0.4 is 0 Å². The van der Waals surface area contributed by atoms with Gasteiger partial charge < -0.3 is 9.84 Å². The third-order valence-corrected chi connectivity index (χ3v) is 9.13. The van der Waals surface area contributed by atoms with E-state index in [9.17, 15) is 19.5 Å². The Bertz CT molecular complexity index is 767. The fraction of sp³-hybridized carbons (Fsp3) is 0.792. The predicted molar refractivity (Wildman–Crippen MR) is 108 cm³/mol. The first-order valence-electron chi connectivity index (χ1n) is 11.2. The number of ether oxygens (including phenoxy) is 1. The van der Waals surface area contributed by atoms with Crippen molar-refractivity contribution in [1.82, 2.24) is 0 Å². The number of fused-ring (bicyclic) bond motifs is 5. The van der Waals surface area contributed by atoms with Crippen LogP contribution in [0.4, 0.5) is 0 Å². The van der Waals surface area contributed by atoms with E-state index < -0.39 is 18.2 Å². The summed E-state index contributed by atoms with van der Waals surface area (Å²) in [4.78, 5) is 36.9. The van der Waals surface area contributed by atoms with Crippen LogP contribution in [-0.2, 0) is 19.1 Å². The fourth-order valence-electron chi connectivity index (χ4n) is 7.66. The molecule has 4 aliphatic carbocycles. The molecule has 29 heavy (non-hydrogen) atoms. The van der Waals surface area contributed by atoms with Gasteiger partial charge in [-0.05, 0) is 81.6 Å². The highest BCUT2D eigenvalue weighted by Gasteiger charge is 2.62. The quantitative estimate of drug-likeness (QED) is 0.729. The number of carbonyl (C=O) groups is 3. The third kappa shape index (κ3) is 3.03. The number of hydrogen-bond acceptors (Lipinski definition) is 5. The lowest BCUT2D eigenvalue weighted by Gasteiger charge is -2.59. The van der Waals surface area contributed by atoms with E-state index in [1.54, 1.807) is 13.0 Å². The van der Waals surface area contributed by atoms with E-state index in [4.69, 9.17) is 4.74 Å². The molecule has 0 amide bonds. The van der Waals surface area contributed by atoms with Gasteiger partial charge >= 0.3 is 5.97 Å². The fourth-order valence-corrected chi connectivity index (χ4v) is 7.66. The summed E-state index contributed by atoms with van der Waals surface area (Å²) in [6, 6.07) is 0. The lowest BCUT2D eigenvalue weighted by atomic mass is 9.46. The Morgan fingerprint density at radius 3 is 2.55 bits per heavy atom. The zero-order chi connectivity index (χ0) is 21.1. The van der Waals surface area contributed by atoms with Crippen molar-refractivity contribution in [3.63, 3.8) is 0 Å². The summed E-state index contributed by atoms with van der Waals surface area (Å²) in [5.74, 6) is 1.19. The summed E-state index contributed by atoms with van der Waals surface area (Å²) in [7, 11) is 0. The molecule has 0 heterocycles. The first-order valence-corrected chi connectivity index (χ1v) is 11.2. The molecule has 0 aliphatic heterocycles. The Morgan fingerprint density at radius 2 is 1.90 bits per heavy atom. The molecule has 3 fully saturated rings. The van der Waals surface area contributed by atoms with Crippen molar-refractivity contribution >= 4 is 17.5 Å². The second-order valence-corrected chi connectivity index (χ2v) is 10.4. The van der Waals surface area contributed by atoms with Gasteiger partial charge in [0.1, 0.15) is 18.0 Å². The van der Waals surface area contributed by atoms with Crippen LogP contribution >= 0.6 is 0 Å². The monoisotopic (exact) mass is 402 g/mol. The molecule has 0 aromatic heterocycles. The smallest absolute Gasteiger partial charge is 0.334 e. The van der Waals surface area contributed by atoms with Gasteiger partial charge in [-0.2, -0.15) is 0 Å². The number of aliphatic hydroxyl groups excluding tert-OH is 1. The van der Waals surface area contributed by atoms with E-state index in [1.807, 2.05) is 0 Å². The topological polar surface area (TPSA) is 80.7 Å². The highest BCUT2D eigenvalue weighted by molar-refractivity contribution is 5.92. The number of rotatable bonds is 3. The molecule has 2 unspecified atom stereocenters. The normalized spacial score (nSPS) is 44.8. The summed E-state index contributed by atoms with van der Waals surface area (Å²) in [6.07, 6.45) is 6.26. The third-order valence-electron chi connectivity index (χ3n) is 9.13. The predicted octanol–water partition coefficient (Wildman–Crippen LogP) is 3.63. The molecule has 0 radical (unpaired) electrons. The minimum Gasteiger partial charge on any atom is -0.459 e. The maximum Gasteiger partial charge on any atom is 0.334 e. The van der Waals surface area contributed by atoms with Crippen molar-refractivity contribution in [2.45, 2.75) is 84.8 Å². The van der Waals surface area contributed by atoms with E-state index in [0.717, 1.165) is 44.1 Å². The number of esters is 1. The van der Waals surface area contributed by atoms with Gasteiger partial charge in [-0.15, -0.1) is 0 Å². The molecular weight excluding hydrogens is 368 g/mol. The van der Waals surface area contributed by atoms with E-state index in [-0.39, 0.29) is 29.0 Å². The highest BCUT2D eigenvalue weighted by Crippen LogP contribution is 2.66. The van der Waals surface area contributed by atoms with Crippen molar-refractivity contribution in [2.75, 3.05) is 0 Å². The van der Waals surface area contributed by atoms with E-state index in [2.05, 4.69) is 13.8 Å². The second-order valence-electron chi connectivity index (χ2n) is 10.4. The Labute approximate surface area is 173 Å². The van der Waals surface area contributed by atoms with Gasteiger partial charge in [-0.3, -0.25) is 9.59 Å². The SMILES string of the molecule is CC(=O)[C@H]1CC[C@H]2[C@@H]3CCC4=CC(=O)CC(OC(=O)C(C)O)[C@]4(C)[C@H]3CC[C@]12C. The Balaban J connectivity index is 1.68. The molecule has 0 spiro atoms. The van der Waals surface area contributed by atoms with Crippen LogP contribution in [0, 0.1) is 34.5 Å². The van der Waals surface area contributed by atoms with E-state index in [0.29, 0.717) is 23.5 Å². The average Bonchev–Trinajstić information content (AvgIpc) is 3.00. The summed E-state index contributed by atoms with van der Waals surface area (Å²) in [6.45, 7) is 7.63. The first-order chi connectivity index (χ1) is 13.6. The van der Waals surface area contributed by atoms with E-state index in [1.165, 1.54) is 6.92 Å². The Hall–Kier alpha value is -1.49. The Morgan fingerprint density at radius 1 is 1.17 bits per heavy atom. The van der Waals surface area contributed by atoms with Crippen LogP contribution in [0.5, 0.6) is 0 Å². The van der Waals surface area contributed by atoms with E-state index >= 15 is 0 Å². The van der Waals surface area contributed by atoms with Crippen molar-refractivity contribution in [3.8, 4) is 0 Å². The maximum atomic E-state index is 12.4. The number of carbonyl (C=O) groups excluding carboxylic acids is 3. The molecule has 5 heteroatoms. The molecule has 3 saturated carbocycles. The van der Waals surface area contributed by atoms with Gasteiger partial charge in [-0.25, -0.2) is 4.79 Å². The van der Waals surface area contributed by atoms with Crippen molar-refractivity contribution in [3.05, 3.63) is 11.6 Å². The molecule has 4 aliphatic rings. The van der Waals surface area contributed by atoms with Gasteiger partial charge in [0.05, 0.1) is 0 Å². The summed E-state index contributed by atoms with van der Waals surface area (Å²) in [5, 5.41) is 9.66. The molecule has 1 N–H and O–H groups in total. The van der Waals surface area contributed by atoms with Gasteiger partial charge in [0.15, 0.2) is 5.78 Å². The number of hydrogen-bond donors (Lipinski definition) is 1. The van der Waals surface area contributed by atoms with Gasteiger partial charge in [0, 0.05) is 17.8 Å². The number of ketones is 2. The van der Waals surface area contributed by atoms with Crippen LogP contribution in [-0.4, -0.2) is 34.9 Å². The number of aliphatic hydroxyl groups is 1.